The maximum absolute atomic E-state index is 5.23. The lowest BCUT2D eigenvalue weighted by Crippen LogP contribution is -2.40. The van der Waals surface area contributed by atoms with Crippen molar-refractivity contribution >= 4 is 0 Å². The summed E-state index contributed by atoms with van der Waals surface area (Å²) in [6.45, 7) is 12.1. The lowest BCUT2D eigenvalue weighted by molar-refractivity contribution is 0.147. The summed E-state index contributed by atoms with van der Waals surface area (Å²) in [6, 6.07) is 1.08. The van der Waals surface area contributed by atoms with E-state index in [1.54, 1.807) is 0 Å². The molecule has 0 spiro atoms. The monoisotopic (exact) mass is 188 g/mol. The molecule has 0 amide bonds. The van der Waals surface area contributed by atoms with Crippen molar-refractivity contribution in [1.29, 1.82) is 0 Å². The Hall–Kier alpha value is -0.120. The Morgan fingerprint density at radius 1 is 1.15 bits per heavy atom. The fraction of sp³-hybridized carbons (Fsp3) is 1.00. The van der Waals surface area contributed by atoms with Crippen LogP contribution in [0.4, 0.5) is 0 Å². The van der Waals surface area contributed by atoms with E-state index in [-0.39, 0.29) is 0 Å². The van der Waals surface area contributed by atoms with Gasteiger partial charge in [-0.1, -0.05) is 13.8 Å². The molecule has 0 aromatic rings. The highest BCUT2D eigenvalue weighted by Crippen LogP contribution is 1.82. The van der Waals surface area contributed by atoms with Crippen LogP contribution in [-0.2, 0) is 4.74 Å². The minimum absolute atomic E-state index is 0.517. The van der Waals surface area contributed by atoms with Crippen molar-refractivity contribution in [3.8, 4) is 0 Å². The van der Waals surface area contributed by atoms with Crippen molar-refractivity contribution in [1.82, 2.24) is 10.6 Å². The van der Waals surface area contributed by atoms with Crippen LogP contribution in [0.1, 0.15) is 27.7 Å². The third-order valence-electron chi connectivity index (χ3n) is 1.78. The fourth-order valence-electron chi connectivity index (χ4n) is 1.01. The third kappa shape index (κ3) is 9.80. The molecular weight excluding hydrogens is 164 g/mol. The quantitative estimate of drug-likeness (QED) is 0.558. The zero-order valence-corrected chi connectivity index (χ0v) is 9.39. The Balaban J connectivity index is 3.15. The van der Waals surface area contributed by atoms with Crippen LogP contribution < -0.4 is 10.6 Å². The second-order valence-electron chi connectivity index (χ2n) is 3.62. The molecule has 0 aromatic carbocycles. The van der Waals surface area contributed by atoms with Gasteiger partial charge in [0.05, 0.1) is 6.61 Å². The zero-order chi connectivity index (χ0) is 10.1. The number of rotatable bonds is 8. The highest BCUT2D eigenvalue weighted by molar-refractivity contribution is 4.65. The van der Waals surface area contributed by atoms with Crippen molar-refractivity contribution < 1.29 is 4.74 Å². The molecule has 0 heterocycles. The van der Waals surface area contributed by atoms with Gasteiger partial charge in [0.1, 0.15) is 0 Å². The molecule has 0 saturated carbocycles. The summed E-state index contributed by atoms with van der Waals surface area (Å²) in [4.78, 5) is 0. The second-order valence-corrected chi connectivity index (χ2v) is 3.62. The summed E-state index contributed by atoms with van der Waals surface area (Å²) in [5.41, 5.74) is 0. The number of hydrogen-bond donors (Lipinski definition) is 2. The first-order chi connectivity index (χ1) is 6.16. The van der Waals surface area contributed by atoms with Crippen molar-refractivity contribution in [2.45, 2.75) is 39.8 Å². The first-order valence-electron chi connectivity index (χ1n) is 5.21. The predicted octanol–water partition coefficient (Wildman–Crippen LogP) is 0.999. The normalized spacial score (nSPS) is 13.6. The molecule has 0 aliphatic carbocycles. The van der Waals surface area contributed by atoms with Gasteiger partial charge in [-0.2, -0.15) is 0 Å². The van der Waals surface area contributed by atoms with Gasteiger partial charge in [-0.25, -0.2) is 0 Å². The van der Waals surface area contributed by atoms with Gasteiger partial charge >= 0.3 is 0 Å². The largest absolute Gasteiger partial charge is 0.380 e. The standard InChI is InChI=1S/C10H24N2O/c1-5-13-7-6-11-10(4)8-12-9(2)3/h9-12H,5-8H2,1-4H3. The van der Waals surface area contributed by atoms with Crippen molar-refractivity contribution in [3.05, 3.63) is 0 Å². The highest BCUT2D eigenvalue weighted by atomic mass is 16.5. The van der Waals surface area contributed by atoms with Gasteiger partial charge in [0, 0.05) is 31.8 Å². The van der Waals surface area contributed by atoms with E-state index in [0.717, 1.165) is 26.3 Å². The average Bonchev–Trinajstić information content (AvgIpc) is 2.09. The van der Waals surface area contributed by atoms with Crippen LogP contribution in [0, 0.1) is 0 Å². The van der Waals surface area contributed by atoms with E-state index in [4.69, 9.17) is 4.74 Å². The summed E-state index contributed by atoms with van der Waals surface area (Å²) < 4.78 is 5.23. The minimum atomic E-state index is 0.517. The van der Waals surface area contributed by atoms with Crippen molar-refractivity contribution in [2.24, 2.45) is 0 Å². The van der Waals surface area contributed by atoms with Crippen molar-refractivity contribution in [3.63, 3.8) is 0 Å². The topological polar surface area (TPSA) is 33.3 Å². The van der Waals surface area contributed by atoms with Crippen LogP contribution in [-0.4, -0.2) is 38.4 Å². The number of hydrogen-bond acceptors (Lipinski definition) is 3. The number of ether oxygens (including phenoxy) is 1. The molecule has 80 valence electrons. The van der Waals surface area contributed by atoms with Gasteiger partial charge in [-0.05, 0) is 13.8 Å². The maximum Gasteiger partial charge on any atom is 0.0590 e. The molecule has 0 bridgehead atoms. The molecule has 0 saturated heterocycles. The molecule has 13 heavy (non-hydrogen) atoms. The van der Waals surface area contributed by atoms with Gasteiger partial charge in [0.15, 0.2) is 0 Å². The molecule has 1 atom stereocenters. The van der Waals surface area contributed by atoms with E-state index in [2.05, 4.69) is 31.4 Å². The Labute approximate surface area is 82.2 Å². The Morgan fingerprint density at radius 3 is 2.38 bits per heavy atom. The fourth-order valence-corrected chi connectivity index (χ4v) is 1.01. The Bertz CT molecular complexity index is 107. The molecule has 1 unspecified atom stereocenters. The summed E-state index contributed by atoms with van der Waals surface area (Å²) >= 11 is 0. The lowest BCUT2D eigenvalue weighted by Gasteiger charge is -2.16. The molecule has 3 heteroatoms. The SMILES string of the molecule is CCOCCNC(C)CNC(C)C. The van der Waals surface area contributed by atoms with E-state index in [9.17, 15) is 0 Å². The van der Waals surface area contributed by atoms with Crippen molar-refractivity contribution in [2.75, 3.05) is 26.3 Å². The van der Waals surface area contributed by atoms with Gasteiger partial charge < -0.3 is 15.4 Å². The second kappa shape index (κ2) is 8.48. The van der Waals surface area contributed by atoms with Gasteiger partial charge in [0.2, 0.25) is 0 Å². The molecular formula is C10H24N2O. The van der Waals surface area contributed by atoms with E-state index in [1.165, 1.54) is 0 Å². The Kier molecular flexibility index (Phi) is 8.40. The molecule has 0 fully saturated rings. The Morgan fingerprint density at radius 2 is 1.85 bits per heavy atom. The summed E-state index contributed by atoms with van der Waals surface area (Å²) in [5, 5.41) is 6.77. The number of nitrogens with one attached hydrogen (secondary N) is 2. The third-order valence-corrected chi connectivity index (χ3v) is 1.78. The van der Waals surface area contributed by atoms with Crippen LogP contribution in [0.2, 0.25) is 0 Å². The smallest absolute Gasteiger partial charge is 0.0590 e. The van der Waals surface area contributed by atoms with Crippen LogP contribution >= 0.6 is 0 Å². The van der Waals surface area contributed by atoms with Crippen LogP contribution in [0.25, 0.3) is 0 Å². The minimum Gasteiger partial charge on any atom is -0.380 e. The van der Waals surface area contributed by atoms with Gasteiger partial charge in [-0.15, -0.1) is 0 Å². The molecule has 0 radical (unpaired) electrons. The molecule has 0 aliphatic rings. The molecule has 0 aromatic heterocycles. The van der Waals surface area contributed by atoms with E-state index < -0.39 is 0 Å². The first kappa shape index (κ1) is 12.9. The van der Waals surface area contributed by atoms with Crippen LogP contribution in [0.5, 0.6) is 0 Å². The van der Waals surface area contributed by atoms with Crippen LogP contribution in [0.3, 0.4) is 0 Å². The van der Waals surface area contributed by atoms with Gasteiger partial charge in [0.25, 0.3) is 0 Å². The van der Waals surface area contributed by atoms with E-state index in [1.807, 2.05) is 6.92 Å². The average molecular weight is 188 g/mol. The maximum atomic E-state index is 5.23. The summed E-state index contributed by atoms with van der Waals surface area (Å²) in [6.07, 6.45) is 0. The lowest BCUT2D eigenvalue weighted by atomic mass is 10.3. The van der Waals surface area contributed by atoms with E-state index >= 15 is 0 Å². The predicted molar refractivity (Wildman–Crippen MR) is 57.1 cm³/mol. The molecule has 2 N–H and O–H groups in total. The molecule has 0 aliphatic heterocycles. The summed E-state index contributed by atoms with van der Waals surface area (Å²) in [5.74, 6) is 0. The summed E-state index contributed by atoms with van der Waals surface area (Å²) in [7, 11) is 0. The molecule has 0 rings (SSSR count). The van der Waals surface area contributed by atoms with Crippen LogP contribution in [0.15, 0.2) is 0 Å². The zero-order valence-electron chi connectivity index (χ0n) is 9.39. The van der Waals surface area contributed by atoms with E-state index in [0.29, 0.717) is 12.1 Å². The highest BCUT2D eigenvalue weighted by Gasteiger charge is 2.00. The molecule has 3 nitrogen and oxygen atoms in total. The van der Waals surface area contributed by atoms with Gasteiger partial charge in [-0.3, -0.25) is 0 Å². The first-order valence-corrected chi connectivity index (χ1v) is 5.21.